The summed E-state index contributed by atoms with van der Waals surface area (Å²) in [7, 11) is -3.35. The SMILES string of the molecule is CS(=O)(=O)c1cccc(NC(=O)CO/N=C\c2cccc(F)c2)c1. The van der Waals surface area contributed by atoms with E-state index >= 15 is 0 Å². The summed E-state index contributed by atoms with van der Waals surface area (Å²) in [6.45, 7) is -0.366. The average molecular weight is 350 g/mol. The third-order valence-corrected chi connectivity index (χ3v) is 3.98. The number of hydrogen-bond donors (Lipinski definition) is 1. The van der Waals surface area contributed by atoms with Crippen LogP contribution < -0.4 is 5.32 Å². The van der Waals surface area contributed by atoms with E-state index in [0.29, 0.717) is 11.3 Å². The average Bonchev–Trinajstić information content (AvgIpc) is 2.51. The number of carbonyl (C=O) groups excluding carboxylic acids is 1. The van der Waals surface area contributed by atoms with Crippen molar-refractivity contribution in [3.8, 4) is 0 Å². The molecular weight excluding hydrogens is 335 g/mol. The van der Waals surface area contributed by atoms with Gasteiger partial charge in [-0.3, -0.25) is 4.79 Å². The molecule has 0 saturated carbocycles. The second-order valence-electron chi connectivity index (χ2n) is 4.91. The number of nitrogens with one attached hydrogen (secondary N) is 1. The van der Waals surface area contributed by atoms with Gasteiger partial charge in [0.2, 0.25) is 0 Å². The molecule has 0 heterocycles. The van der Waals surface area contributed by atoms with Crippen LogP contribution >= 0.6 is 0 Å². The molecule has 1 N–H and O–H groups in total. The van der Waals surface area contributed by atoms with Crippen molar-refractivity contribution in [3.05, 3.63) is 59.9 Å². The van der Waals surface area contributed by atoms with E-state index in [2.05, 4.69) is 10.5 Å². The zero-order valence-electron chi connectivity index (χ0n) is 12.8. The Balaban J connectivity index is 1.88. The number of rotatable bonds is 6. The molecular formula is C16H15FN2O4S. The molecule has 24 heavy (non-hydrogen) atoms. The number of oxime groups is 1. The van der Waals surface area contributed by atoms with Gasteiger partial charge in [-0.1, -0.05) is 23.4 Å². The molecule has 1 amide bonds. The van der Waals surface area contributed by atoms with Crippen molar-refractivity contribution in [1.82, 2.24) is 0 Å². The summed E-state index contributed by atoms with van der Waals surface area (Å²) < 4.78 is 35.9. The lowest BCUT2D eigenvalue weighted by Crippen LogP contribution is -2.17. The van der Waals surface area contributed by atoms with Crippen molar-refractivity contribution in [3.63, 3.8) is 0 Å². The fraction of sp³-hybridized carbons (Fsp3) is 0.125. The van der Waals surface area contributed by atoms with E-state index in [1.807, 2.05) is 0 Å². The Morgan fingerprint density at radius 2 is 2.00 bits per heavy atom. The Hall–Kier alpha value is -2.74. The van der Waals surface area contributed by atoms with Gasteiger partial charge >= 0.3 is 0 Å². The first-order valence-corrected chi connectivity index (χ1v) is 8.74. The van der Waals surface area contributed by atoms with Crippen LogP contribution in [0.3, 0.4) is 0 Å². The Kier molecular flexibility index (Phi) is 5.64. The maximum Gasteiger partial charge on any atom is 0.265 e. The number of anilines is 1. The molecule has 2 rings (SSSR count). The van der Waals surface area contributed by atoms with Crippen molar-refractivity contribution >= 4 is 27.6 Å². The first kappa shape index (κ1) is 17.6. The fourth-order valence-electron chi connectivity index (χ4n) is 1.78. The number of carbonyl (C=O) groups is 1. The minimum Gasteiger partial charge on any atom is -0.386 e. The summed E-state index contributed by atoms with van der Waals surface area (Å²) in [4.78, 5) is 16.6. The van der Waals surface area contributed by atoms with Gasteiger partial charge in [0.25, 0.3) is 5.91 Å². The van der Waals surface area contributed by atoms with Crippen LogP contribution in [0.1, 0.15) is 5.56 Å². The molecule has 0 aliphatic heterocycles. The highest BCUT2D eigenvalue weighted by molar-refractivity contribution is 7.90. The number of halogens is 1. The van der Waals surface area contributed by atoms with Gasteiger partial charge in [0.05, 0.1) is 11.1 Å². The molecule has 0 aliphatic carbocycles. The molecule has 0 saturated heterocycles. The van der Waals surface area contributed by atoms with Gasteiger partial charge in [0, 0.05) is 11.9 Å². The van der Waals surface area contributed by atoms with Gasteiger partial charge in [0.1, 0.15) is 5.82 Å². The van der Waals surface area contributed by atoms with Crippen molar-refractivity contribution in [2.75, 3.05) is 18.2 Å². The van der Waals surface area contributed by atoms with Crippen molar-refractivity contribution in [2.45, 2.75) is 4.90 Å². The van der Waals surface area contributed by atoms with E-state index in [1.54, 1.807) is 12.1 Å². The van der Waals surface area contributed by atoms with Gasteiger partial charge < -0.3 is 10.2 Å². The van der Waals surface area contributed by atoms with E-state index in [-0.39, 0.29) is 11.5 Å². The first-order valence-electron chi connectivity index (χ1n) is 6.85. The summed E-state index contributed by atoms with van der Waals surface area (Å²) in [6, 6.07) is 11.6. The van der Waals surface area contributed by atoms with E-state index in [4.69, 9.17) is 4.84 Å². The molecule has 0 radical (unpaired) electrons. The number of hydrogen-bond acceptors (Lipinski definition) is 5. The van der Waals surface area contributed by atoms with Crippen LogP contribution in [0.5, 0.6) is 0 Å². The van der Waals surface area contributed by atoms with Crippen LogP contribution in [-0.2, 0) is 19.5 Å². The quantitative estimate of drug-likeness (QED) is 0.639. The van der Waals surface area contributed by atoms with Crippen LogP contribution in [0.4, 0.5) is 10.1 Å². The van der Waals surface area contributed by atoms with E-state index < -0.39 is 21.6 Å². The third kappa shape index (κ3) is 5.47. The Morgan fingerprint density at radius 1 is 1.25 bits per heavy atom. The molecule has 0 fully saturated rings. The van der Waals surface area contributed by atoms with Crippen molar-refractivity contribution < 1.29 is 22.4 Å². The smallest absolute Gasteiger partial charge is 0.265 e. The minimum atomic E-state index is -3.35. The topological polar surface area (TPSA) is 84.8 Å². The second kappa shape index (κ2) is 7.69. The number of nitrogens with zero attached hydrogens (tertiary/aromatic N) is 1. The van der Waals surface area contributed by atoms with E-state index in [0.717, 1.165) is 6.26 Å². The van der Waals surface area contributed by atoms with Crippen molar-refractivity contribution in [1.29, 1.82) is 0 Å². The summed E-state index contributed by atoms with van der Waals surface area (Å²) in [5.74, 6) is -0.903. The fourth-order valence-corrected chi connectivity index (χ4v) is 2.45. The zero-order valence-corrected chi connectivity index (χ0v) is 13.6. The molecule has 2 aromatic rings. The first-order chi connectivity index (χ1) is 11.3. The van der Waals surface area contributed by atoms with E-state index in [1.165, 1.54) is 42.6 Å². The number of benzene rings is 2. The van der Waals surface area contributed by atoms with Crippen LogP contribution in [-0.4, -0.2) is 33.4 Å². The van der Waals surface area contributed by atoms with Gasteiger partial charge in [-0.05, 0) is 35.9 Å². The summed E-state index contributed by atoms with van der Waals surface area (Å²) in [6.07, 6.45) is 2.36. The molecule has 126 valence electrons. The summed E-state index contributed by atoms with van der Waals surface area (Å²) in [5.41, 5.74) is 0.830. The van der Waals surface area contributed by atoms with Gasteiger partial charge in [0.15, 0.2) is 16.4 Å². The lowest BCUT2D eigenvalue weighted by molar-refractivity contribution is -0.120. The van der Waals surface area contributed by atoms with E-state index in [9.17, 15) is 17.6 Å². The Labute approximate surface area is 138 Å². The van der Waals surface area contributed by atoms with Crippen LogP contribution in [0.2, 0.25) is 0 Å². The maximum atomic E-state index is 13.0. The highest BCUT2D eigenvalue weighted by atomic mass is 32.2. The van der Waals surface area contributed by atoms with Crippen molar-refractivity contribution in [2.24, 2.45) is 5.16 Å². The molecule has 8 heteroatoms. The summed E-state index contributed by atoms with van der Waals surface area (Å²) in [5, 5.41) is 6.07. The highest BCUT2D eigenvalue weighted by Gasteiger charge is 2.09. The van der Waals surface area contributed by atoms with Crippen LogP contribution in [0.15, 0.2) is 58.6 Å². The second-order valence-corrected chi connectivity index (χ2v) is 6.93. The molecule has 0 unspecified atom stereocenters. The number of sulfone groups is 1. The predicted octanol–water partition coefficient (Wildman–Crippen LogP) is 2.22. The van der Waals surface area contributed by atoms with Gasteiger partial charge in [-0.2, -0.15) is 0 Å². The van der Waals surface area contributed by atoms with Gasteiger partial charge in [-0.15, -0.1) is 0 Å². The summed E-state index contributed by atoms with van der Waals surface area (Å²) >= 11 is 0. The zero-order chi connectivity index (χ0) is 17.6. The standard InChI is InChI=1S/C16H15FN2O4S/c1-24(21,22)15-7-3-6-14(9-15)19-16(20)11-23-18-10-12-4-2-5-13(17)8-12/h2-10H,11H2,1H3,(H,19,20)/b18-10-. The van der Waals surface area contributed by atoms with Crippen LogP contribution in [0, 0.1) is 5.82 Å². The molecule has 6 nitrogen and oxygen atoms in total. The van der Waals surface area contributed by atoms with Gasteiger partial charge in [-0.25, -0.2) is 12.8 Å². The maximum absolute atomic E-state index is 13.0. The largest absolute Gasteiger partial charge is 0.386 e. The Bertz CT molecular complexity index is 866. The number of amides is 1. The normalized spacial score (nSPS) is 11.4. The molecule has 0 aromatic heterocycles. The third-order valence-electron chi connectivity index (χ3n) is 2.87. The lowest BCUT2D eigenvalue weighted by Gasteiger charge is -2.06. The van der Waals surface area contributed by atoms with Crippen LogP contribution in [0.25, 0.3) is 0 Å². The highest BCUT2D eigenvalue weighted by Crippen LogP contribution is 2.15. The monoisotopic (exact) mass is 350 g/mol. The predicted molar refractivity (Wildman–Crippen MR) is 88.1 cm³/mol. The molecule has 0 aliphatic rings. The minimum absolute atomic E-state index is 0.102. The molecule has 2 aromatic carbocycles. The molecule has 0 spiro atoms. The molecule has 0 atom stereocenters. The molecule has 0 bridgehead atoms. The lowest BCUT2D eigenvalue weighted by atomic mass is 10.2. The Morgan fingerprint density at radius 3 is 2.71 bits per heavy atom.